The first kappa shape index (κ1) is 14.5. The lowest BCUT2D eigenvalue weighted by Crippen LogP contribution is -2.50. The van der Waals surface area contributed by atoms with Gasteiger partial charge in [-0.2, -0.15) is 0 Å². The zero-order valence-electron chi connectivity index (χ0n) is 11.4. The first-order chi connectivity index (χ1) is 8.40. The van der Waals surface area contributed by atoms with E-state index in [0.717, 1.165) is 11.3 Å². The Labute approximate surface area is 108 Å². The van der Waals surface area contributed by atoms with E-state index in [1.165, 1.54) is 0 Å². The quantitative estimate of drug-likeness (QED) is 0.840. The van der Waals surface area contributed by atoms with Crippen molar-refractivity contribution in [2.24, 2.45) is 0 Å². The lowest BCUT2D eigenvalue weighted by Gasteiger charge is -2.32. The number of hydrogen-bond acceptors (Lipinski definition) is 3. The van der Waals surface area contributed by atoms with Gasteiger partial charge in [-0.25, -0.2) is 0 Å². The summed E-state index contributed by atoms with van der Waals surface area (Å²) in [6.45, 7) is 4.25. The minimum absolute atomic E-state index is 0.441. The molecule has 1 aromatic carbocycles. The molecule has 0 aliphatic carbocycles. The molecule has 0 saturated heterocycles. The van der Waals surface area contributed by atoms with E-state index < -0.39 is 11.5 Å². The van der Waals surface area contributed by atoms with Crippen molar-refractivity contribution in [1.82, 2.24) is 4.90 Å². The van der Waals surface area contributed by atoms with E-state index in [9.17, 15) is 9.90 Å². The Bertz CT molecular complexity index is 417. The van der Waals surface area contributed by atoms with Crippen LogP contribution in [0, 0.1) is 0 Å². The third kappa shape index (κ3) is 3.23. The Morgan fingerprint density at radius 1 is 1.44 bits per heavy atom. The van der Waals surface area contributed by atoms with Gasteiger partial charge in [0, 0.05) is 6.42 Å². The summed E-state index contributed by atoms with van der Waals surface area (Å²) in [4.78, 5) is 13.1. The van der Waals surface area contributed by atoms with Gasteiger partial charge < -0.3 is 9.84 Å². The van der Waals surface area contributed by atoms with Gasteiger partial charge in [0.05, 0.1) is 6.61 Å². The normalized spacial score (nSPS) is 14.3. The molecule has 0 spiro atoms. The standard InChI is InChI=1S/C14H21NO3/c1-5-18-12-8-6-7-11(9-12)10-14(2,13(16)17)15(3)4/h6-9H,5,10H2,1-4H3,(H,16,17). The van der Waals surface area contributed by atoms with E-state index in [2.05, 4.69) is 0 Å². The molecule has 1 aromatic rings. The minimum Gasteiger partial charge on any atom is -0.494 e. The molecular weight excluding hydrogens is 230 g/mol. The lowest BCUT2D eigenvalue weighted by molar-refractivity contribution is -0.148. The molecular formula is C14H21NO3. The molecule has 1 rings (SSSR count). The van der Waals surface area contributed by atoms with Crippen molar-refractivity contribution in [3.05, 3.63) is 29.8 Å². The van der Waals surface area contributed by atoms with Gasteiger partial charge in [0.15, 0.2) is 0 Å². The number of carboxylic acids is 1. The molecule has 0 aliphatic rings. The molecule has 4 nitrogen and oxygen atoms in total. The van der Waals surface area contributed by atoms with E-state index in [4.69, 9.17) is 4.74 Å². The number of ether oxygens (including phenoxy) is 1. The second kappa shape index (κ2) is 5.87. The van der Waals surface area contributed by atoms with Crippen molar-refractivity contribution in [1.29, 1.82) is 0 Å². The molecule has 1 unspecified atom stereocenters. The molecule has 18 heavy (non-hydrogen) atoms. The van der Waals surface area contributed by atoms with Crippen molar-refractivity contribution in [3.8, 4) is 5.75 Å². The maximum absolute atomic E-state index is 11.4. The fraction of sp³-hybridized carbons (Fsp3) is 0.500. The predicted octanol–water partition coefficient (Wildman–Crippen LogP) is 2.03. The Kier molecular flexibility index (Phi) is 4.73. The number of rotatable bonds is 6. The van der Waals surface area contributed by atoms with Crippen LogP contribution in [0.4, 0.5) is 0 Å². The van der Waals surface area contributed by atoms with Crippen LogP contribution in [-0.4, -0.2) is 42.2 Å². The van der Waals surface area contributed by atoms with Crippen LogP contribution in [0.2, 0.25) is 0 Å². The van der Waals surface area contributed by atoms with Gasteiger partial charge in [0.1, 0.15) is 11.3 Å². The second-order valence-corrected chi connectivity index (χ2v) is 4.73. The lowest BCUT2D eigenvalue weighted by atomic mass is 9.91. The predicted molar refractivity (Wildman–Crippen MR) is 71.0 cm³/mol. The molecule has 1 atom stereocenters. The van der Waals surface area contributed by atoms with E-state index in [-0.39, 0.29) is 0 Å². The molecule has 0 aliphatic heterocycles. The summed E-state index contributed by atoms with van der Waals surface area (Å²) in [6.07, 6.45) is 0.441. The second-order valence-electron chi connectivity index (χ2n) is 4.73. The summed E-state index contributed by atoms with van der Waals surface area (Å²) in [5.41, 5.74) is 0.0460. The molecule has 0 saturated carbocycles. The summed E-state index contributed by atoms with van der Waals surface area (Å²) in [6, 6.07) is 7.58. The van der Waals surface area contributed by atoms with Crippen LogP contribution < -0.4 is 4.74 Å². The molecule has 100 valence electrons. The summed E-state index contributed by atoms with van der Waals surface area (Å²) in [5.74, 6) is -0.0455. The van der Waals surface area contributed by atoms with E-state index in [1.807, 2.05) is 31.2 Å². The number of carbonyl (C=O) groups is 1. The highest BCUT2D eigenvalue weighted by molar-refractivity contribution is 5.78. The Balaban J connectivity index is 2.94. The summed E-state index contributed by atoms with van der Waals surface area (Å²) in [5, 5.41) is 9.36. The van der Waals surface area contributed by atoms with Gasteiger partial charge >= 0.3 is 5.97 Å². The van der Waals surface area contributed by atoms with Gasteiger partial charge in [-0.05, 0) is 45.6 Å². The maximum atomic E-state index is 11.4. The van der Waals surface area contributed by atoms with Gasteiger partial charge in [-0.1, -0.05) is 12.1 Å². The van der Waals surface area contributed by atoms with Crippen LogP contribution in [0.3, 0.4) is 0 Å². The highest BCUT2D eigenvalue weighted by atomic mass is 16.5. The van der Waals surface area contributed by atoms with E-state index in [0.29, 0.717) is 13.0 Å². The summed E-state index contributed by atoms with van der Waals surface area (Å²) in [7, 11) is 3.56. The fourth-order valence-electron chi connectivity index (χ4n) is 1.73. The smallest absolute Gasteiger partial charge is 0.324 e. The first-order valence-electron chi connectivity index (χ1n) is 6.02. The van der Waals surface area contributed by atoms with Crippen molar-refractivity contribution < 1.29 is 14.6 Å². The zero-order chi connectivity index (χ0) is 13.8. The van der Waals surface area contributed by atoms with E-state index >= 15 is 0 Å². The minimum atomic E-state index is -0.912. The molecule has 0 aromatic heterocycles. The van der Waals surface area contributed by atoms with Crippen LogP contribution in [0.5, 0.6) is 5.75 Å². The van der Waals surface area contributed by atoms with Crippen molar-refractivity contribution in [3.63, 3.8) is 0 Å². The van der Waals surface area contributed by atoms with Crippen LogP contribution in [0.1, 0.15) is 19.4 Å². The number of likely N-dealkylation sites (N-methyl/N-ethyl adjacent to an activating group) is 1. The molecule has 0 bridgehead atoms. The monoisotopic (exact) mass is 251 g/mol. The number of nitrogens with zero attached hydrogens (tertiary/aromatic N) is 1. The highest BCUT2D eigenvalue weighted by Crippen LogP contribution is 2.22. The topological polar surface area (TPSA) is 49.8 Å². The van der Waals surface area contributed by atoms with Crippen molar-refractivity contribution in [2.75, 3.05) is 20.7 Å². The maximum Gasteiger partial charge on any atom is 0.324 e. The average Bonchev–Trinajstić information content (AvgIpc) is 2.29. The summed E-state index contributed by atoms with van der Waals surface area (Å²) < 4.78 is 5.42. The number of aliphatic carboxylic acids is 1. The molecule has 0 radical (unpaired) electrons. The molecule has 0 amide bonds. The van der Waals surface area contributed by atoms with Crippen LogP contribution in [0.25, 0.3) is 0 Å². The number of carboxylic acid groups (broad SMARTS) is 1. The largest absolute Gasteiger partial charge is 0.494 e. The Morgan fingerprint density at radius 2 is 2.11 bits per heavy atom. The SMILES string of the molecule is CCOc1cccc(CC(C)(C(=O)O)N(C)C)c1. The average molecular weight is 251 g/mol. The third-order valence-corrected chi connectivity index (χ3v) is 3.21. The molecule has 4 heteroatoms. The third-order valence-electron chi connectivity index (χ3n) is 3.21. The molecule has 0 heterocycles. The molecule has 0 fully saturated rings. The van der Waals surface area contributed by atoms with Crippen molar-refractivity contribution in [2.45, 2.75) is 25.8 Å². The highest BCUT2D eigenvalue weighted by Gasteiger charge is 2.35. The van der Waals surface area contributed by atoms with Crippen LogP contribution in [-0.2, 0) is 11.2 Å². The number of benzene rings is 1. The fourth-order valence-corrected chi connectivity index (χ4v) is 1.73. The van der Waals surface area contributed by atoms with Crippen molar-refractivity contribution >= 4 is 5.97 Å². The zero-order valence-corrected chi connectivity index (χ0v) is 11.4. The van der Waals surface area contributed by atoms with Crippen LogP contribution in [0.15, 0.2) is 24.3 Å². The van der Waals surface area contributed by atoms with E-state index in [1.54, 1.807) is 25.9 Å². The Hall–Kier alpha value is -1.55. The Morgan fingerprint density at radius 3 is 2.61 bits per heavy atom. The molecule has 1 N–H and O–H groups in total. The van der Waals surface area contributed by atoms with Gasteiger partial charge in [0.25, 0.3) is 0 Å². The van der Waals surface area contributed by atoms with Gasteiger partial charge in [-0.15, -0.1) is 0 Å². The van der Waals surface area contributed by atoms with Crippen LogP contribution >= 0.6 is 0 Å². The van der Waals surface area contributed by atoms with Gasteiger partial charge in [-0.3, -0.25) is 9.69 Å². The summed E-state index contributed by atoms with van der Waals surface area (Å²) >= 11 is 0. The first-order valence-corrected chi connectivity index (χ1v) is 6.02. The van der Waals surface area contributed by atoms with Gasteiger partial charge in [0.2, 0.25) is 0 Å². The number of hydrogen-bond donors (Lipinski definition) is 1.